The van der Waals surface area contributed by atoms with Crippen LogP contribution in [0.15, 0.2) is 0 Å². The summed E-state index contributed by atoms with van der Waals surface area (Å²) in [6.45, 7) is 0. The van der Waals surface area contributed by atoms with Crippen LogP contribution >= 0.6 is 0 Å². The van der Waals surface area contributed by atoms with Crippen LogP contribution in [-0.4, -0.2) is 0 Å². The van der Waals surface area contributed by atoms with Crippen molar-refractivity contribution in [3.63, 3.8) is 0 Å². The molecule has 0 bridgehead atoms. The summed E-state index contributed by atoms with van der Waals surface area (Å²) in [6.07, 6.45) is 0. The SMILES string of the molecule is [K+].[Li+].[O-2].[O-2].[O-2].[Ti+4]. The van der Waals surface area contributed by atoms with Crippen molar-refractivity contribution in [2.45, 2.75) is 0 Å². The van der Waals surface area contributed by atoms with Crippen molar-refractivity contribution in [2.24, 2.45) is 0 Å². The molecule has 0 aromatic rings. The molecule has 0 saturated heterocycles. The first kappa shape index (κ1) is 67.6. The fraction of sp³-hybridized carbons (Fsp3) is 0. The summed E-state index contributed by atoms with van der Waals surface area (Å²) < 4.78 is 0. The first-order valence-corrected chi connectivity index (χ1v) is 0. The fourth-order valence-electron chi connectivity index (χ4n) is 0. The molecular weight excluding hydrogens is 142 g/mol. The van der Waals surface area contributed by atoms with Gasteiger partial charge in [0.2, 0.25) is 0 Å². The van der Waals surface area contributed by atoms with Crippen LogP contribution in [-0.2, 0) is 38.1 Å². The maximum atomic E-state index is 0. The van der Waals surface area contributed by atoms with Gasteiger partial charge in [-0.1, -0.05) is 0 Å². The molecule has 0 fully saturated rings. The molecule has 0 heterocycles. The smallest absolute Gasteiger partial charge is 2.00 e. The van der Waals surface area contributed by atoms with E-state index >= 15 is 0 Å². The molecule has 0 aliphatic heterocycles. The van der Waals surface area contributed by atoms with Gasteiger partial charge < -0.3 is 16.4 Å². The molecule has 0 aromatic heterocycles. The first-order valence-electron chi connectivity index (χ1n) is 0. The van der Waals surface area contributed by atoms with Crippen LogP contribution < -0.4 is 70.2 Å². The van der Waals surface area contributed by atoms with Gasteiger partial charge in [0, 0.05) is 0 Å². The van der Waals surface area contributed by atoms with Crippen LogP contribution in [0.2, 0.25) is 0 Å². The van der Waals surface area contributed by atoms with Gasteiger partial charge >= 0.3 is 92.0 Å². The van der Waals surface area contributed by atoms with E-state index in [1.54, 1.807) is 0 Å². The van der Waals surface area contributed by atoms with Crippen molar-refractivity contribution in [1.29, 1.82) is 0 Å². The minimum Gasteiger partial charge on any atom is -2.00 e. The molecule has 0 aromatic carbocycles. The zero-order chi connectivity index (χ0) is 0. The van der Waals surface area contributed by atoms with Crippen molar-refractivity contribution >= 4 is 0 Å². The van der Waals surface area contributed by atoms with Gasteiger partial charge in [0.25, 0.3) is 0 Å². The molecule has 0 aliphatic rings. The van der Waals surface area contributed by atoms with Crippen LogP contribution in [0.4, 0.5) is 0 Å². The van der Waals surface area contributed by atoms with E-state index < -0.39 is 0 Å². The molecular formula is KLiO3Ti. The van der Waals surface area contributed by atoms with Crippen LogP contribution in [0.25, 0.3) is 0 Å². The van der Waals surface area contributed by atoms with Gasteiger partial charge in [0.05, 0.1) is 0 Å². The zero-order valence-electron chi connectivity index (χ0n) is 3.72. The average Bonchev–Trinajstić information content (AvgIpc) is 0. The molecule has 0 atom stereocenters. The van der Waals surface area contributed by atoms with E-state index in [0.29, 0.717) is 0 Å². The Hall–Kier alpha value is 2.83. The Morgan fingerprint density at radius 3 is 0.667 bits per heavy atom. The minimum absolute atomic E-state index is 0. The third kappa shape index (κ3) is 29.0. The molecule has 0 spiro atoms. The van der Waals surface area contributed by atoms with Crippen molar-refractivity contribution in [3.8, 4) is 0 Å². The van der Waals surface area contributed by atoms with E-state index in [1.165, 1.54) is 0 Å². The van der Waals surface area contributed by atoms with E-state index in [4.69, 9.17) is 0 Å². The van der Waals surface area contributed by atoms with Crippen molar-refractivity contribution in [3.05, 3.63) is 0 Å². The number of hydrogen-bond acceptors (Lipinski definition) is 0. The molecule has 0 unspecified atom stereocenters. The molecule has 0 N–H and O–H groups in total. The third-order valence-corrected chi connectivity index (χ3v) is 0. The Morgan fingerprint density at radius 2 is 0.667 bits per heavy atom. The summed E-state index contributed by atoms with van der Waals surface area (Å²) in [5.74, 6) is 0. The van der Waals surface area contributed by atoms with Gasteiger partial charge in [-0.25, -0.2) is 0 Å². The van der Waals surface area contributed by atoms with Gasteiger partial charge in [0.1, 0.15) is 0 Å². The summed E-state index contributed by atoms with van der Waals surface area (Å²) in [6, 6.07) is 0. The summed E-state index contributed by atoms with van der Waals surface area (Å²) in [7, 11) is 0. The van der Waals surface area contributed by atoms with Crippen LogP contribution in [0.5, 0.6) is 0 Å². The summed E-state index contributed by atoms with van der Waals surface area (Å²) in [5.41, 5.74) is 0. The Kier molecular flexibility index (Phi) is 514. The number of rotatable bonds is 0. The van der Waals surface area contributed by atoms with E-state index in [0.717, 1.165) is 0 Å². The molecule has 0 aliphatic carbocycles. The minimum atomic E-state index is 0. The molecule has 0 saturated carbocycles. The van der Waals surface area contributed by atoms with Crippen LogP contribution in [0.3, 0.4) is 0 Å². The van der Waals surface area contributed by atoms with Gasteiger partial charge in [-0.3, -0.25) is 0 Å². The van der Waals surface area contributed by atoms with Crippen molar-refractivity contribution < 1.29 is 108 Å². The Balaban J connectivity index is 0. The van der Waals surface area contributed by atoms with Crippen molar-refractivity contribution in [1.82, 2.24) is 0 Å². The monoisotopic (exact) mass is 142 g/mol. The molecule has 0 radical (unpaired) electrons. The maximum absolute atomic E-state index is 0. The quantitative estimate of drug-likeness (QED) is 0.301. The van der Waals surface area contributed by atoms with Gasteiger partial charge in [0.15, 0.2) is 0 Å². The molecule has 0 amide bonds. The van der Waals surface area contributed by atoms with E-state index in [-0.39, 0.29) is 108 Å². The second kappa shape index (κ2) is 45.6. The van der Waals surface area contributed by atoms with E-state index in [1.807, 2.05) is 0 Å². The van der Waals surface area contributed by atoms with E-state index in [9.17, 15) is 0 Å². The molecule has 0 rings (SSSR count). The predicted molar refractivity (Wildman–Crippen MR) is 2.06 cm³/mol. The Bertz CT molecular complexity index is 10.8. The molecule has 3 nitrogen and oxygen atoms in total. The Labute approximate surface area is 106 Å². The summed E-state index contributed by atoms with van der Waals surface area (Å²) in [4.78, 5) is 0. The third-order valence-electron chi connectivity index (χ3n) is 0. The van der Waals surface area contributed by atoms with Gasteiger partial charge in [-0.15, -0.1) is 0 Å². The zero-order valence-corrected chi connectivity index (χ0v) is 8.41. The molecule has 24 valence electrons. The predicted octanol–water partition coefficient (Wildman–Crippen LogP) is -6.35. The topological polar surface area (TPSA) is 85.5 Å². The summed E-state index contributed by atoms with van der Waals surface area (Å²) >= 11 is 0. The van der Waals surface area contributed by atoms with E-state index in [2.05, 4.69) is 0 Å². The number of hydrogen-bond donors (Lipinski definition) is 0. The molecule has 6 heavy (non-hydrogen) atoms. The van der Waals surface area contributed by atoms with Crippen molar-refractivity contribution in [2.75, 3.05) is 0 Å². The second-order valence-corrected chi connectivity index (χ2v) is 0. The van der Waals surface area contributed by atoms with Gasteiger partial charge in [-0.2, -0.15) is 0 Å². The normalized spacial score (nSPS) is 0. The average molecular weight is 142 g/mol. The van der Waals surface area contributed by atoms with Crippen LogP contribution in [0, 0.1) is 0 Å². The molecule has 6 heteroatoms. The largest absolute Gasteiger partial charge is 4.00 e. The first-order chi connectivity index (χ1) is 0. The van der Waals surface area contributed by atoms with Crippen LogP contribution in [0.1, 0.15) is 0 Å². The summed E-state index contributed by atoms with van der Waals surface area (Å²) in [5, 5.41) is 0. The second-order valence-electron chi connectivity index (χ2n) is 0. The maximum Gasteiger partial charge on any atom is 4.00 e. The Morgan fingerprint density at radius 1 is 0.667 bits per heavy atom. The standard InChI is InChI=1S/K.Li.3O.Ti/q2*+1;3*-2;+4. The van der Waals surface area contributed by atoms with Gasteiger partial charge in [-0.05, 0) is 0 Å². The fourth-order valence-corrected chi connectivity index (χ4v) is 0.